The number of hydrogen-bond donors (Lipinski definition) is 2. The van der Waals surface area contributed by atoms with Gasteiger partial charge in [-0.2, -0.15) is 0 Å². The van der Waals surface area contributed by atoms with Crippen molar-refractivity contribution in [2.45, 2.75) is 12.5 Å². The second-order valence-corrected chi connectivity index (χ2v) is 5.16. The number of phenols is 1. The number of benzene rings is 2. The summed E-state index contributed by atoms with van der Waals surface area (Å²) >= 11 is 0. The molecule has 1 atom stereocenters. The molecule has 0 aliphatic rings. The van der Waals surface area contributed by atoms with Crippen molar-refractivity contribution in [1.82, 2.24) is 5.32 Å². The Morgan fingerprint density at radius 2 is 1.88 bits per heavy atom. The molecule has 0 saturated carbocycles. The molecular weight excluding hydrogens is 310 g/mol. The maximum absolute atomic E-state index is 12.3. The van der Waals surface area contributed by atoms with E-state index in [9.17, 15) is 14.7 Å². The third-order valence-electron chi connectivity index (χ3n) is 3.47. The lowest BCUT2D eigenvalue weighted by molar-refractivity contribution is -0.142. The van der Waals surface area contributed by atoms with E-state index in [1.54, 1.807) is 37.4 Å². The maximum Gasteiger partial charge on any atom is 0.328 e. The lowest BCUT2D eigenvalue weighted by atomic mass is 10.0. The Bertz CT molecular complexity index is 729. The number of esters is 1. The molecule has 0 aliphatic carbocycles. The number of rotatable bonds is 6. The molecule has 2 N–H and O–H groups in total. The molecule has 6 heteroatoms. The Labute approximate surface area is 140 Å². The van der Waals surface area contributed by atoms with E-state index in [2.05, 4.69) is 5.32 Å². The Balaban J connectivity index is 2.16. The van der Waals surface area contributed by atoms with E-state index in [4.69, 9.17) is 9.47 Å². The quantitative estimate of drug-likeness (QED) is 0.791. The zero-order valence-corrected chi connectivity index (χ0v) is 13.5. The fourth-order valence-corrected chi connectivity index (χ4v) is 2.26. The molecule has 2 aromatic carbocycles. The molecule has 0 heterocycles. The second kappa shape index (κ2) is 8.01. The summed E-state index contributed by atoms with van der Waals surface area (Å²) in [7, 11) is 2.82. The SMILES string of the molecule is COC(=O)[C@@H](Cc1cccc(OC)c1)NC(=O)c1cccc(O)c1. The van der Waals surface area contributed by atoms with Gasteiger partial charge in [0.1, 0.15) is 17.5 Å². The molecule has 0 radical (unpaired) electrons. The fraction of sp³-hybridized carbons (Fsp3) is 0.222. The van der Waals surface area contributed by atoms with Crippen LogP contribution in [-0.2, 0) is 16.0 Å². The molecule has 0 aromatic heterocycles. The van der Waals surface area contributed by atoms with Gasteiger partial charge in [-0.25, -0.2) is 4.79 Å². The summed E-state index contributed by atoms with van der Waals surface area (Å²) in [6.07, 6.45) is 0.258. The van der Waals surface area contributed by atoms with Gasteiger partial charge in [-0.3, -0.25) is 4.79 Å². The summed E-state index contributed by atoms with van der Waals surface area (Å²) in [5, 5.41) is 12.1. The van der Waals surface area contributed by atoms with Crippen LogP contribution in [0.25, 0.3) is 0 Å². The number of methoxy groups -OCH3 is 2. The van der Waals surface area contributed by atoms with Crippen molar-refractivity contribution in [3.05, 3.63) is 59.7 Å². The Morgan fingerprint density at radius 1 is 1.12 bits per heavy atom. The van der Waals surface area contributed by atoms with E-state index in [0.29, 0.717) is 5.75 Å². The van der Waals surface area contributed by atoms with Crippen LogP contribution in [-0.4, -0.2) is 37.2 Å². The maximum atomic E-state index is 12.3. The summed E-state index contributed by atoms with van der Waals surface area (Å²) in [6.45, 7) is 0. The van der Waals surface area contributed by atoms with Crippen molar-refractivity contribution >= 4 is 11.9 Å². The molecule has 1 amide bonds. The fourth-order valence-electron chi connectivity index (χ4n) is 2.26. The molecule has 2 rings (SSSR count). The topological polar surface area (TPSA) is 84.9 Å². The predicted molar refractivity (Wildman–Crippen MR) is 88.1 cm³/mol. The van der Waals surface area contributed by atoms with Crippen LogP contribution in [0.5, 0.6) is 11.5 Å². The van der Waals surface area contributed by atoms with Gasteiger partial charge in [0, 0.05) is 12.0 Å². The van der Waals surface area contributed by atoms with E-state index in [0.717, 1.165) is 5.56 Å². The van der Waals surface area contributed by atoms with E-state index in [-0.39, 0.29) is 17.7 Å². The number of phenolic OH excluding ortho intramolecular Hbond substituents is 1. The number of carbonyl (C=O) groups excluding carboxylic acids is 2. The molecule has 0 saturated heterocycles. The van der Waals surface area contributed by atoms with Crippen molar-refractivity contribution < 1.29 is 24.2 Å². The van der Waals surface area contributed by atoms with E-state index < -0.39 is 17.9 Å². The largest absolute Gasteiger partial charge is 0.508 e. The average Bonchev–Trinajstić information content (AvgIpc) is 2.60. The van der Waals surface area contributed by atoms with E-state index in [1.807, 2.05) is 6.07 Å². The zero-order valence-electron chi connectivity index (χ0n) is 13.5. The van der Waals surface area contributed by atoms with Crippen molar-refractivity contribution in [1.29, 1.82) is 0 Å². The molecule has 0 aliphatic heterocycles. The molecule has 126 valence electrons. The second-order valence-electron chi connectivity index (χ2n) is 5.16. The zero-order chi connectivity index (χ0) is 17.5. The van der Waals surface area contributed by atoms with Gasteiger partial charge in [-0.05, 0) is 35.9 Å². The number of carbonyl (C=O) groups is 2. The monoisotopic (exact) mass is 329 g/mol. The third kappa shape index (κ3) is 4.49. The van der Waals surface area contributed by atoms with E-state index in [1.165, 1.54) is 19.2 Å². The summed E-state index contributed by atoms with van der Waals surface area (Å²) in [4.78, 5) is 24.3. The predicted octanol–water partition coefficient (Wildman–Crippen LogP) is 1.91. The highest BCUT2D eigenvalue weighted by Gasteiger charge is 2.23. The van der Waals surface area contributed by atoms with Gasteiger partial charge in [0.2, 0.25) is 0 Å². The van der Waals surface area contributed by atoms with Crippen molar-refractivity contribution in [2.24, 2.45) is 0 Å². The highest BCUT2D eigenvalue weighted by molar-refractivity contribution is 5.97. The van der Waals surface area contributed by atoms with Crippen LogP contribution < -0.4 is 10.1 Å². The molecule has 2 aromatic rings. The number of ether oxygens (including phenoxy) is 2. The van der Waals surface area contributed by atoms with E-state index >= 15 is 0 Å². The van der Waals surface area contributed by atoms with Crippen LogP contribution in [0.4, 0.5) is 0 Å². The molecule has 0 fully saturated rings. The summed E-state index contributed by atoms with van der Waals surface area (Å²) in [5.41, 5.74) is 1.08. The summed E-state index contributed by atoms with van der Waals surface area (Å²) < 4.78 is 9.92. The minimum atomic E-state index is -0.850. The first kappa shape index (κ1) is 17.3. The number of nitrogens with one attached hydrogen (secondary N) is 1. The summed E-state index contributed by atoms with van der Waals surface area (Å²) in [5.74, 6) is -0.379. The highest BCUT2D eigenvalue weighted by Crippen LogP contribution is 2.15. The van der Waals surface area contributed by atoms with Gasteiger partial charge in [0.05, 0.1) is 14.2 Å². The first-order chi connectivity index (χ1) is 11.5. The third-order valence-corrected chi connectivity index (χ3v) is 3.47. The van der Waals surface area contributed by atoms with Crippen LogP contribution in [0.3, 0.4) is 0 Å². The molecular formula is C18H19NO5. The van der Waals surface area contributed by atoms with Crippen molar-refractivity contribution in [3.63, 3.8) is 0 Å². The molecule has 6 nitrogen and oxygen atoms in total. The van der Waals surface area contributed by atoms with Gasteiger partial charge in [-0.15, -0.1) is 0 Å². The number of aromatic hydroxyl groups is 1. The van der Waals surface area contributed by atoms with Crippen LogP contribution in [0.1, 0.15) is 15.9 Å². The molecule has 24 heavy (non-hydrogen) atoms. The van der Waals surface area contributed by atoms with Crippen LogP contribution >= 0.6 is 0 Å². The van der Waals surface area contributed by atoms with Gasteiger partial charge >= 0.3 is 5.97 Å². The minimum Gasteiger partial charge on any atom is -0.508 e. The van der Waals surface area contributed by atoms with Gasteiger partial charge in [-0.1, -0.05) is 18.2 Å². The van der Waals surface area contributed by atoms with Gasteiger partial charge in [0.25, 0.3) is 5.91 Å². The Kier molecular flexibility index (Phi) is 5.78. The van der Waals surface area contributed by atoms with Crippen LogP contribution in [0.2, 0.25) is 0 Å². The summed E-state index contributed by atoms with van der Waals surface area (Å²) in [6, 6.07) is 12.3. The van der Waals surface area contributed by atoms with Crippen LogP contribution in [0, 0.1) is 0 Å². The van der Waals surface area contributed by atoms with Crippen molar-refractivity contribution in [2.75, 3.05) is 14.2 Å². The Hall–Kier alpha value is -3.02. The standard InChI is InChI=1S/C18H19NO5/c1-23-15-8-3-5-12(9-15)10-16(18(22)24-2)19-17(21)13-6-4-7-14(20)11-13/h3-9,11,16,20H,10H2,1-2H3,(H,19,21)/t16-/m1/s1. The Morgan fingerprint density at radius 3 is 2.54 bits per heavy atom. The van der Waals surface area contributed by atoms with Gasteiger partial charge in [0.15, 0.2) is 0 Å². The van der Waals surface area contributed by atoms with Gasteiger partial charge < -0.3 is 19.9 Å². The highest BCUT2D eigenvalue weighted by atomic mass is 16.5. The molecule has 0 unspecified atom stereocenters. The normalized spacial score (nSPS) is 11.4. The van der Waals surface area contributed by atoms with Crippen LogP contribution in [0.15, 0.2) is 48.5 Å². The first-order valence-electron chi connectivity index (χ1n) is 7.34. The first-order valence-corrected chi connectivity index (χ1v) is 7.34. The lowest BCUT2D eigenvalue weighted by Gasteiger charge is -2.17. The van der Waals surface area contributed by atoms with Crippen molar-refractivity contribution in [3.8, 4) is 11.5 Å². The minimum absolute atomic E-state index is 0.0231. The smallest absolute Gasteiger partial charge is 0.328 e. The molecule has 0 bridgehead atoms. The average molecular weight is 329 g/mol. The number of hydrogen-bond acceptors (Lipinski definition) is 5. The molecule has 0 spiro atoms. The lowest BCUT2D eigenvalue weighted by Crippen LogP contribution is -2.43. The number of amides is 1.